The predicted octanol–water partition coefficient (Wildman–Crippen LogP) is 3.20. The van der Waals surface area contributed by atoms with Gasteiger partial charge in [-0.05, 0) is 43.9 Å². The molecule has 19 heavy (non-hydrogen) atoms. The van der Waals surface area contributed by atoms with Crippen LogP contribution in [-0.4, -0.2) is 29.0 Å². The lowest BCUT2D eigenvalue weighted by atomic mass is 9.97. The molecule has 0 saturated heterocycles. The van der Waals surface area contributed by atoms with Gasteiger partial charge in [-0.1, -0.05) is 30.3 Å². The summed E-state index contributed by atoms with van der Waals surface area (Å²) < 4.78 is 0. The second-order valence-corrected chi connectivity index (χ2v) is 6.88. The number of hydrogen-bond acceptors (Lipinski definition) is 3. The molecule has 0 spiro atoms. The van der Waals surface area contributed by atoms with Gasteiger partial charge in [0.25, 0.3) is 0 Å². The minimum Gasteiger partial charge on any atom is -0.394 e. The first-order valence-corrected chi connectivity index (χ1v) is 8.37. The molecular formula is C16H25NOS. The Bertz CT molecular complexity index is 366. The molecule has 1 aliphatic rings. The summed E-state index contributed by atoms with van der Waals surface area (Å²) in [5.41, 5.74) is 1.32. The van der Waals surface area contributed by atoms with Crippen LogP contribution in [-0.2, 0) is 5.75 Å². The largest absolute Gasteiger partial charge is 0.394 e. The van der Waals surface area contributed by atoms with E-state index in [0.29, 0.717) is 6.04 Å². The topological polar surface area (TPSA) is 32.3 Å². The van der Waals surface area contributed by atoms with Crippen LogP contribution in [0.15, 0.2) is 30.3 Å². The predicted molar refractivity (Wildman–Crippen MR) is 83.5 cm³/mol. The number of aliphatic hydroxyl groups excluding tert-OH is 1. The molecule has 1 atom stereocenters. The Morgan fingerprint density at radius 2 is 2.05 bits per heavy atom. The molecule has 2 N–H and O–H groups in total. The van der Waals surface area contributed by atoms with Gasteiger partial charge in [-0.25, -0.2) is 0 Å². The van der Waals surface area contributed by atoms with Gasteiger partial charge < -0.3 is 10.4 Å². The van der Waals surface area contributed by atoms with Crippen LogP contribution in [0, 0.1) is 0 Å². The first kappa shape index (κ1) is 14.9. The summed E-state index contributed by atoms with van der Waals surface area (Å²) in [4.78, 5) is 0. The molecular weight excluding hydrogens is 254 g/mol. The molecule has 0 aromatic heterocycles. The van der Waals surface area contributed by atoms with Crippen LogP contribution < -0.4 is 5.32 Å². The summed E-state index contributed by atoms with van der Waals surface area (Å²) >= 11 is 1.98. The fourth-order valence-electron chi connectivity index (χ4n) is 2.25. The van der Waals surface area contributed by atoms with Gasteiger partial charge in [0.1, 0.15) is 0 Å². The third-order valence-electron chi connectivity index (χ3n) is 3.61. The second-order valence-electron chi connectivity index (χ2n) is 5.78. The van der Waals surface area contributed by atoms with Crippen molar-refractivity contribution in [3.63, 3.8) is 0 Å². The van der Waals surface area contributed by atoms with Crippen LogP contribution in [0.3, 0.4) is 0 Å². The SMILES string of the molecule is CC(CO)(CCCSCc1ccccc1)NC1CC1. The normalized spacial score (nSPS) is 18.2. The minimum atomic E-state index is -0.0749. The third kappa shape index (κ3) is 5.55. The molecule has 0 radical (unpaired) electrons. The number of nitrogens with one attached hydrogen (secondary N) is 1. The molecule has 2 nitrogen and oxygen atoms in total. The fraction of sp³-hybridized carbons (Fsp3) is 0.625. The monoisotopic (exact) mass is 279 g/mol. The molecule has 0 heterocycles. The minimum absolute atomic E-state index is 0.0749. The Kier molecular flexibility index (Phi) is 5.74. The second kappa shape index (κ2) is 7.32. The molecule has 0 bridgehead atoms. The lowest BCUT2D eigenvalue weighted by Gasteiger charge is -2.29. The van der Waals surface area contributed by atoms with Gasteiger partial charge >= 0.3 is 0 Å². The molecule has 0 aliphatic heterocycles. The maximum absolute atomic E-state index is 9.53. The zero-order chi connectivity index (χ0) is 13.6. The molecule has 1 saturated carbocycles. The van der Waals surface area contributed by atoms with Gasteiger partial charge in [-0.2, -0.15) is 11.8 Å². The van der Waals surface area contributed by atoms with Crippen molar-refractivity contribution >= 4 is 11.8 Å². The van der Waals surface area contributed by atoms with E-state index < -0.39 is 0 Å². The van der Waals surface area contributed by atoms with E-state index in [4.69, 9.17) is 0 Å². The van der Waals surface area contributed by atoms with Crippen LogP contribution in [0.4, 0.5) is 0 Å². The van der Waals surface area contributed by atoms with E-state index in [0.717, 1.165) is 24.3 Å². The molecule has 1 aromatic carbocycles. The quantitative estimate of drug-likeness (QED) is 0.681. The molecule has 2 rings (SSSR count). The molecule has 0 amide bonds. The zero-order valence-corrected chi connectivity index (χ0v) is 12.6. The fourth-order valence-corrected chi connectivity index (χ4v) is 3.17. The van der Waals surface area contributed by atoms with Crippen molar-refractivity contribution in [2.45, 2.75) is 49.9 Å². The van der Waals surface area contributed by atoms with Crippen molar-refractivity contribution in [1.29, 1.82) is 0 Å². The molecule has 1 aliphatic carbocycles. The molecule has 1 fully saturated rings. The zero-order valence-electron chi connectivity index (χ0n) is 11.8. The summed E-state index contributed by atoms with van der Waals surface area (Å²) in [7, 11) is 0. The van der Waals surface area contributed by atoms with E-state index >= 15 is 0 Å². The number of thioether (sulfide) groups is 1. The van der Waals surface area contributed by atoms with Crippen molar-refractivity contribution in [2.24, 2.45) is 0 Å². The molecule has 1 aromatic rings. The molecule has 1 unspecified atom stereocenters. The van der Waals surface area contributed by atoms with Gasteiger partial charge in [-0.3, -0.25) is 0 Å². The highest BCUT2D eigenvalue weighted by Gasteiger charge is 2.31. The van der Waals surface area contributed by atoms with Gasteiger partial charge in [0, 0.05) is 17.3 Å². The average molecular weight is 279 g/mol. The van der Waals surface area contributed by atoms with Crippen LogP contribution in [0.1, 0.15) is 38.2 Å². The van der Waals surface area contributed by atoms with Crippen molar-refractivity contribution in [3.8, 4) is 0 Å². The highest BCUT2D eigenvalue weighted by atomic mass is 32.2. The van der Waals surface area contributed by atoms with Gasteiger partial charge in [-0.15, -0.1) is 0 Å². The Balaban J connectivity index is 1.60. The van der Waals surface area contributed by atoms with Gasteiger partial charge in [0.2, 0.25) is 0 Å². The lowest BCUT2D eigenvalue weighted by molar-refractivity contribution is 0.163. The summed E-state index contributed by atoms with van der Waals surface area (Å²) in [6, 6.07) is 11.3. The lowest BCUT2D eigenvalue weighted by Crippen LogP contribution is -2.46. The smallest absolute Gasteiger partial charge is 0.0610 e. The number of rotatable bonds is 9. The first-order chi connectivity index (χ1) is 9.22. The van der Waals surface area contributed by atoms with Crippen molar-refractivity contribution in [2.75, 3.05) is 12.4 Å². The van der Waals surface area contributed by atoms with Crippen molar-refractivity contribution in [3.05, 3.63) is 35.9 Å². The Morgan fingerprint density at radius 1 is 1.32 bits per heavy atom. The summed E-state index contributed by atoms with van der Waals surface area (Å²) in [5, 5.41) is 13.1. The van der Waals surface area contributed by atoms with E-state index in [-0.39, 0.29) is 12.1 Å². The number of aliphatic hydroxyl groups is 1. The van der Waals surface area contributed by atoms with Crippen LogP contribution in [0.25, 0.3) is 0 Å². The number of benzene rings is 1. The number of hydrogen-bond donors (Lipinski definition) is 2. The van der Waals surface area contributed by atoms with Crippen LogP contribution >= 0.6 is 11.8 Å². The van der Waals surface area contributed by atoms with E-state index in [1.165, 1.54) is 18.4 Å². The van der Waals surface area contributed by atoms with E-state index in [9.17, 15) is 5.11 Å². The van der Waals surface area contributed by atoms with Crippen molar-refractivity contribution in [1.82, 2.24) is 5.32 Å². The van der Waals surface area contributed by atoms with Gasteiger partial charge in [0.05, 0.1) is 6.61 Å². The standard InChI is InChI=1S/C16H25NOS/c1-16(13-18,17-15-8-9-15)10-5-11-19-12-14-6-3-2-4-7-14/h2-4,6-7,15,17-18H,5,8-13H2,1H3. The highest BCUT2D eigenvalue weighted by Crippen LogP contribution is 2.25. The summed E-state index contributed by atoms with van der Waals surface area (Å²) in [5.74, 6) is 2.25. The van der Waals surface area contributed by atoms with E-state index in [2.05, 4.69) is 42.6 Å². The maximum atomic E-state index is 9.53. The molecule has 3 heteroatoms. The van der Waals surface area contributed by atoms with Crippen LogP contribution in [0.5, 0.6) is 0 Å². The summed E-state index contributed by atoms with van der Waals surface area (Å²) in [6.07, 6.45) is 4.77. The Hall–Kier alpha value is -0.510. The van der Waals surface area contributed by atoms with E-state index in [1.807, 2.05) is 11.8 Å². The third-order valence-corrected chi connectivity index (χ3v) is 4.72. The highest BCUT2D eigenvalue weighted by molar-refractivity contribution is 7.98. The summed E-state index contributed by atoms with van der Waals surface area (Å²) in [6.45, 7) is 2.39. The molecule has 106 valence electrons. The van der Waals surface area contributed by atoms with Crippen molar-refractivity contribution < 1.29 is 5.11 Å². The van der Waals surface area contributed by atoms with Gasteiger partial charge in [0.15, 0.2) is 0 Å². The Labute approximate surface area is 121 Å². The Morgan fingerprint density at radius 3 is 2.68 bits per heavy atom. The maximum Gasteiger partial charge on any atom is 0.0610 e. The first-order valence-electron chi connectivity index (χ1n) is 7.22. The van der Waals surface area contributed by atoms with Crippen LogP contribution in [0.2, 0.25) is 0 Å². The van der Waals surface area contributed by atoms with E-state index in [1.54, 1.807) is 0 Å². The average Bonchev–Trinajstić information content (AvgIpc) is 3.23.